The van der Waals surface area contributed by atoms with E-state index in [1.165, 1.54) is 30.4 Å². The van der Waals surface area contributed by atoms with Crippen molar-refractivity contribution in [2.75, 3.05) is 38.1 Å². The minimum Gasteiger partial charge on any atom is -0.383 e. The van der Waals surface area contributed by atoms with Crippen molar-refractivity contribution >= 4 is 23.5 Å². The maximum absolute atomic E-state index is 6.26. The highest BCUT2D eigenvalue weighted by Crippen LogP contribution is 2.35. The van der Waals surface area contributed by atoms with Gasteiger partial charge in [0.1, 0.15) is 5.84 Å². The van der Waals surface area contributed by atoms with Gasteiger partial charge in [0.15, 0.2) is 0 Å². The Hall–Kier alpha value is -1.28. The fraction of sp³-hybridized carbons (Fsp3) is 0.611. The first-order valence-electron chi connectivity index (χ1n) is 9.06. The molecule has 25 heavy (non-hydrogen) atoms. The van der Waals surface area contributed by atoms with Gasteiger partial charge in [0, 0.05) is 30.7 Å². The summed E-state index contributed by atoms with van der Waals surface area (Å²) in [5.41, 5.74) is 21.0. The summed E-state index contributed by atoms with van der Waals surface area (Å²) < 4.78 is 0. The van der Waals surface area contributed by atoms with Crippen molar-refractivity contribution in [2.24, 2.45) is 33.3 Å². The molecule has 0 aliphatic carbocycles. The van der Waals surface area contributed by atoms with Crippen molar-refractivity contribution in [3.05, 3.63) is 23.3 Å². The van der Waals surface area contributed by atoms with Crippen LogP contribution in [-0.4, -0.2) is 39.1 Å². The van der Waals surface area contributed by atoms with Gasteiger partial charge >= 0.3 is 0 Å². The average Bonchev–Trinajstić information content (AvgIpc) is 2.65. The number of amidine groups is 1. The number of aliphatic imine (C=N–C) groups is 1. The summed E-state index contributed by atoms with van der Waals surface area (Å²) in [5, 5.41) is 6.02. The van der Waals surface area contributed by atoms with Crippen molar-refractivity contribution in [1.82, 2.24) is 0 Å². The Morgan fingerprint density at radius 2 is 1.96 bits per heavy atom. The molecule has 1 aromatic rings. The van der Waals surface area contributed by atoms with E-state index in [2.05, 4.69) is 22.0 Å². The molecule has 0 unspecified atom stereocenters. The third kappa shape index (κ3) is 4.88. The van der Waals surface area contributed by atoms with Crippen LogP contribution in [0, 0.1) is 5.92 Å². The van der Waals surface area contributed by atoms with E-state index in [-0.39, 0.29) is 0 Å². The lowest BCUT2D eigenvalue weighted by Gasteiger charge is -2.35. The Bertz CT molecular complexity index is 581. The van der Waals surface area contributed by atoms with Crippen molar-refractivity contribution < 1.29 is 0 Å². The monoisotopic (exact) mass is 364 g/mol. The number of nitrogens with two attached hydrogens (primary N) is 4. The van der Waals surface area contributed by atoms with Crippen LogP contribution in [0.4, 0.5) is 5.69 Å². The molecule has 6 nitrogen and oxygen atoms in total. The highest BCUT2D eigenvalue weighted by atomic mass is 32.2. The molecule has 1 fully saturated rings. The van der Waals surface area contributed by atoms with Crippen molar-refractivity contribution in [3.63, 3.8) is 0 Å². The summed E-state index contributed by atoms with van der Waals surface area (Å²) in [6.07, 6.45) is 5.28. The van der Waals surface area contributed by atoms with E-state index < -0.39 is 0 Å². The molecule has 0 amide bonds. The van der Waals surface area contributed by atoms with E-state index in [0.29, 0.717) is 12.4 Å². The molecule has 1 saturated heterocycles. The van der Waals surface area contributed by atoms with E-state index >= 15 is 0 Å². The van der Waals surface area contributed by atoms with Crippen LogP contribution in [0.15, 0.2) is 22.0 Å². The number of hydrogen-bond acceptors (Lipinski definition) is 6. The Morgan fingerprint density at radius 3 is 2.52 bits per heavy atom. The molecule has 8 N–H and O–H groups in total. The molecule has 0 atom stereocenters. The van der Waals surface area contributed by atoms with Gasteiger partial charge in [-0.25, -0.2) is 0 Å². The second-order valence-corrected chi connectivity index (χ2v) is 7.22. The molecule has 140 valence electrons. The normalized spacial score (nSPS) is 16.5. The zero-order valence-electron chi connectivity index (χ0n) is 15.2. The molecule has 1 aliphatic heterocycles. The summed E-state index contributed by atoms with van der Waals surface area (Å²) in [7, 11) is 1.73. The molecule has 0 saturated carbocycles. The zero-order chi connectivity index (χ0) is 18.2. The van der Waals surface area contributed by atoms with E-state index in [1.807, 2.05) is 0 Å². The van der Waals surface area contributed by atoms with Crippen LogP contribution in [0.25, 0.3) is 0 Å². The summed E-state index contributed by atoms with van der Waals surface area (Å²) in [4.78, 5) is 7.68. The molecule has 1 aromatic carbocycles. The molecule has 0 spiro atoms. The predicted octanol–water partition coefficient (Wildman–Crippen LogP) is 1.44. The van der Waals surface area contributed by atoms with E-state index in [9.17, 15) is 0 Å². The largest absolute Gasteiger partial charge is 0.383 e. The number of nitrogens with zero attached hydrogens (tertiary/aromatic N) is 2. The fourth-order valence-electron chi connectivity index (χ4n) is 3.56. The number of hydrogen-bond donors (Lipinski definition) is 4. The lowest BCUT2D eigenvalue weighted by Crippen LogP contribution is -2.36. The lowest BCUT2D eigenvalue weighted by molar-refractivity contribution is 0.386. The van der Waals surface area contributed by atoms with Gasteiger partial charge in [-0.05, 0) is 74.7 Å². The highest BCUT2D eigenvalue weighted by molar-refractivity contribution is 7.97. The number of piperidine rings is 1. The van der Waals surface area contributed by atoms with E-state index in [1.54, 1.807) is 7.05 Å². The Balaban J connectivity index is 2.34. The number of aryl methyl sites for hydroxylation is 1. The van der Waals surface area contributed by atoms with Gasteiger partial charge in [0.05, 0.1) is 5.56 Å². The quantitative estimate of drug-likeness (QED) is 0.315. The first kappa shape index (κ1) is 20.0. The van der Waals surface area contributed by atoms with Gasteiger partial charge in [0.25, 0.3) is 0 Å². The van der Waals surface area contributed by atoms with Crippen molar-refractivity contribution in [2.45, 2.75) is 37.0 Å². The standard InChI is InChI=1S/C18H32N6S/c1-23-18(21)16-15(24-11-7-13(6-10-20)8-12-24)5-4-14(3-2-9-19)17(16)25-22/h4-5,13H,2-3,6-12,19-20,22H2,1H3,(H2,21,23). The average molecular weight is 365 g/mol. The maximum atomic E-state index is 6.26. The minimum atomic E-state index is 0.543. The summed E-state index contributed by atoms with van der Waals surface area (Å²) >= 11 is 1.26. The van der Waals surface area contributed by atoms with Crippen LogP contribution in [0.1, 0.15) is 36.8 Å². The van der Waals surface area contributed by atoms with Gasteiger partial charge in [-0.2, -0.15) is 0 Å². The van der Waals surface area contributed by atoms with E-state index in [0.717, 1.165) is 61.0 Å². The molecular formula is C18H32N6S. The first-order valence-corrected chi connectivity index (χ1v) is 9.94. The molecular weight excluding hydrogens is 332 g/mol. The predicted molar refractivity (Wildman–Crippen MR) is 109 cm³/mol. The van der Waals surface area contributed by atoms with E-state index in [4.69, 9.17) is 22.3 Å². The Morgan fingerprint density at radius 1 is 1.24 bits per heavy atom. The van der Waals surface area contributed by atoms with Gasteiger partial charge in [-0.15, -0.1) is 0 Å². The first-order chi connectivity index (χ1) is 12.2. The molecule has 7 heteroatoms. The minimum absolute atomic E-state index is 0.543. The van der Waals surface area contributed by atoms with Gasteiger partial charge in [-0.1, -0.05) is 6.07 Å². The second kappa shape index (κ2) is 10.0. The summed E-state index contributed by atoms with van der Waals surface area (Å²) in [5.74, 6) is 1.27. The molecule has 0 radical (unpaired) electrons. The number of rotatable bonds is 8. The number of anilines is 1. The molecule has 1 heterocycles. The Labute approximate surface area is 155 Å². The topological polar surface area (TPSA) is 120 Å². The van der Waals surface area contributed by atoms with Gasteiger partial charge in [-0.3, -0.25) is 10.1 Å². The number of benzene rings is 1. The molecule has 0 aromatic heterocycles. The molecule has 1 aliphatic rings. The Kier molecular flexibility index (Phi) is 8.02. The van der Waals surface area contributed by atoms with Crippen LogP contribution in [0.2, 0.25) is 0 Å². The van der Waals surface area contributed by atoms with Crippen LogP contribution < -0.4 is 27.2 Å². The smallest absolute Gasteiger partial charge is 0.128 e. The second-order valence-electron chi connectivity index (χ2n) is 6.57. The van der Waals surface area contributed by atoms with Crippen LogP contribution in [0.5, 0.6) is 0 Å². The fourth-order valence-corrected chi connectivity index (χ4v) is 4.21. The third-order valence-corrected chi connectivity index (χ3v) is 5.71. The molecule has 0 bridgehead atoms. The van der Waals surface area contributed by atoms with Crippen LogP contribution >= 0.6 is 11.9 Å². The van der Waals surface area contributed by atoms with Crippen LogP contribution in [0.3, 0.4) is 0 Å². The maximum Gasteiger partial charge on any atom is 0.128 e. The molecule has 2 rings (SSSR count). The SMILES string of the molecule is C/N=C(/N)c1c(N2CCC(CCN)CC2)ccc(CCCN)c1SN. The van der Waals surface area contributed by atoms with Crippen molar-refractivity contribution in [3.8, 4) is 0 Å². The van der Waals surface area contributed by atoms with Gasteiger partial charge in [0.2, 0.25) is 0 Å². The highest BCUT2D eigenvalue weighted by Gasteiger charge is 2.24. The zero-order valence-corrected chi connectivity index (χ0v) is 16.0. The van der Waals surface area contributed by atoms with Gasteiger partial charge < -0.3 is 22.1 Å². The summed E-state index contributed by atoms with van der Waals surface area (Å²) in [6.45, 7) is 3.48. The lowest BCUT2D eigenvalue weighted by atomic mass is 9.92. The van der Waals surface area contributed by atoms with Crippen molar-refractivity contribution in [1.29, 1.82) is 0 Å². The third-order valence-electron chi connectivity index (χ3n) is 5.01. The van der Waals surface area contributed by atoms with Crippen LogP contribution in [-0.2, 0) is 6.42 Å². The summed E-state index contributed by atoms with van der Waals surface area (Å²) in [6, 6.07) is 4.33.